The second kappa shape index (κ2) is 4.04. The molecule has 0 spiro atoms. The minimum atomic E-state index is -1.45. The van der Waals surface area contributed by atoms with Crippen molar-refractivity contribution >= 4 is 5.97 Å². The van der Waals surface area contributed by atoms with Crippen LogP contribution in [0.5, 0.6) is 0 Å². The molecule has 1 aliphatic rings. The minimum Gasteiger partial charge on any atom is -0.467 e. The summed E-state index contributed by atoms with van der Waals surface area (Å²) in [5.74, 6) is -0.625. The highest BCUT2D eigenvalue weighted by Crippen LogP contribution is 2.06. The van der Waals surface area contributed by atoms with Crippen LogP contribution in [0.1, 0.15) is 6.92 Å². The number of hydrogen-bond donors (Lipinski definition) is 2. The van der Waals surface area contributed by atoms with E-state index in [1.807, 2.05) is 0 Å². The normalized spacial score (nSPS) is 21.8. The first kappa shape index (κ1) is 10.4. The Balaban J connectivity index is 2.27. The number of esters is 1. The van der Waals surface area contributed by atoms with E-state index in [-0.39, 0.29) is 12.6 Å². The zero-order chi connectivity index (χ0) is 9.90. The summed E-state index contributed by atoms with van der Waals surface area (Å²) in [6.07, 6.45) is 0. The van der Waals surface area contributed by atoms with Gasteiger partial charge in [-0.2, -0.15) is 0 Å². The number of ether oxygens (including phenoxy) is 2. The van der Waals surface area contributed by atoms with Crippen molar-refractivity contribution in [3.8, 4) is 0 Å². The summed E-state index contributed by atoms with van der Waals surface area (Å²) >= 11 is 0. The van der Waals surface area contributed by atoms with Crippen molar-refractivity contribution in [2.45, 2.75) is 18.6 Å². The molecule has 1 aliphatic heterocycles. The highest BCUT2D eigenvalue weighted by atomic mass is 16.5. The van der Waals surface area contributed by atoms with Crippen LogP contribution in [0, 0.1) is 0 Å². The van der Waals surface area contributed by atoms with Crippen LogP contribution >= 0.6 is 0 Å². The molecular weight excluding hydrogens is 174 g/mol. The van der Waals surface area contributed by atoms with E-state index in [9.17, 15) is 9.90 Å². The first-order valence-electron chi connectivity index (χ1n) is 4.18. The lowest BCUT2D eigenvalue weighted by Gasteiger charge is -2.30. The highest BCUT2D eigenvalue weighted by Gasteiger charge is 2.32. The number of aliphatic hydroxyl groups is 1. The molecule has 1 saturated heterocycles. The fraction of sp³-hybridized carbons (Fsp3) is 0.875. The molecule has 0 amide bonds. The number of carbonyl (C=O) groups is 1. The van der Waals surface area contributed by atoms with Crippen molar-refractivity contribution in [3.05, 3.63) is 0 Å². The van der Waals surface area contributed by atoms with Gasteiger partial charge in [-0.1, -0.05) is 0 Å². The SMILES string of the molecule is COC(=O)C(C)(O)CNC1COC1. The summed E-state index contributed by atoms with van der Waals surface area (Å²) in [5, 5.41) is 12.6. The van der Waals surface area contributed by atoms with Crippen molar-refractivity contribution in [1.29, 1.82) is 0 Å². The van der Waals surface area contributed by atoms with Crippen molar-refractivity contribution in [2.24, 2.45) is 0 Å². The standard InChI is InChI=1S/C8H15NO4/c1-8(11,7(10)12-2)5-9-6-3-13-4-6/h6,9,11H,3-5H2,1-2H3. The van der Waals surface area contributed by atoms with Crippen molar-refractivity contribution in [3.63, 3.8) is 0 Å². The lowest BCUT2D eigenvalue weighted by Crippen LogP contribution is -2.54. The molecular formula is C8H15NO4. The topological polar surface area (TPSA) is 67.8 Å². The highest BCUT2D eigenvalue weighted by molar-refractivity contribution is 5.78. The minimum absolute atomic E-state index is 0.188. The Morgan fingerprint density at radius 3 is 2.77 bits per heavy atom. The molecule has 0 aliphatic carbocycles. The number of hydrogen-bond acceptors (Lipinski definition) is 5. The Morgan fingerprint density at radius 2 is 2.38 bits per heavy atom. The van der Waals surface area contributed by atoms with Gasteiger partial charge in [0.1, 0.15) is 0 Å². The summed E-state index contributed by atoms with van der Waals surface area (Å²) in [6.45, 7) is 2.88. The number of nitrogens with one attached hydrogen (secondary N) is 1. The molecule has 0 aromatic carbocycles. The molecule has 0 bridgehead atoms. The van der Waals surface area contributed by atoms with Gasteiger partial charge in [0, 0.05) is 6.54 Å². The first-order valence-corrected chi connectivity index (χ1v) is 4.18. The quantitative estimate of drug-likeness (QED) is 0.549. The van der Waals surface area contributed by atoms with E-state index in [1.54, 1.807) is 0 Å². The van der Waals surface area contributed by atoms with Gasteiger partial charge in [-0.25, -0.2) is 4.79 Å². The van der Waals surface area contributed by atoms with Crippen LogP contribution in [0.4, 0.5) is 0 Å². The van der Waals surface area contributed by atoms with Gasteiger partial charge in [0.2, 0.25) is 0 Å². The fourth-order valence-electron chi connectivity index (χ4n) is 0.989. The fourth-order valence-corrected chi connectivity index (χ4v) is 0.989. The predicted octanol–water partition coefficient (Wildman–Crippen LogP) is -1.10. The van der Waals surface area contributed by atoms with E-state index >= 15 is 0 Å². The van der Waals surface area contributed by atoms with E-state index in [0.29, 0.717) is 13.2 Å². The van der Waals surface area contributed by atoms with Crippen LogP contribution in [0.3, 0.4) is 0 Å². The third-order valence-electron chi connectivity index (χ3n) is 2.00. The summed E-state index contributed by atoms with van der Waals surface area (Å²) in [5.41, 5.74) is -1.45. The largest absolute Gasteiger partial charge is 0.467 e. The van der Waals surface area contributed by atoms with Gasteiger partial charge < -0.3 is 19.9 Å². The van der Waals surface area contributed by atoms with Gasteiger partial charge in [0.05, 0.1) is 26.4 Å². The number of carbonyl (C=O) groups excluding carboxylic acids is 1. The lowest BCUT2D eigenvalue weighted by atomic mass is 10.1. The molecule has 1 heterocycles. The zero-order valence-corrected chi connectivity index (χ0v) is 7.87. The monoisotopic (exact) mass is 189 g/mol. The Kier molecular flexibility index (Phi) is 3.24. The second-order valence-corrected chi connectivity index (χ2v) is 3.38. The summed E-state index contributed by atoms with van der Waals surface area (Å²) in [4.78, 5) is 11.0. The van der Waals surface area contributed by atoms with E-state index < -0.39 is 11.6 Å². The Bertz CT molecular complexity index is 189. The van der Waals surface area contributed by atoms with Gasteiger partial charge >= 0.3 is 5.97 Å². The van der Waals surface area contributed by atoms with Gasteiger partial charge in [0.25, 0.3) is 0 Å². The van der Waals surface area contributed by atoms with Crippen molar-refractivity contribution in [2.75, 3.05) is 26.9 Å². The number of rotatable bonds is 4. The van der Waals surface area contributed by atoms with E-state index in [4.69, 9.17) is 4.74 Å². The zero-order valence-electron chi connectivity index (χ0n) is 7.87. The molecule has 1 fully saturated rings. The van der Waals surface area contributed by atoms with Crippen LogP contribution in [-0.2, 0) is 14.3 Å². The van der Waals surface area contributed by atoms with Crippen LogP contribution in [-0.4, -0.2) is 49.6 Å². The molecule has 5 nitrogen and oxygen atoms in total. The summed E-state index contributed by atoms with van der Waals surface area (Å²) in [7, 11) is 1.25. The maximum Gasteiger partial charge on any atom is 0.338 e. The molecule has 0 radical (unpaired) electrons. The third-order valence-corrected chi connectivity index (χ3v) is 2.00. The molecule has 5 heteroatoms. The van der Waals surface area contributed by atoms with Crippen LogP contribution in [0.2, 0.25) is 0 Å². The molecule has 13 heavy (non-hydrogen) atoms. The molecule has 1 atom stereocenters. The summed E-state index contributed by atoms with van der Waals surface area (Å²) in [6, 6.07) is 0.246. The predicted molar refractivity (Wildman–Crippen MR) is 45.2 cm³/mol. The van der Waals surface area contributed by atoms with E-state index in [1.165, 1.54) is 14.0 Å². The van der Waals surface area contributed by atoms with E-state index in [2.05, 4.69) is 10.1 Å². The second-order valence-electron chi connectivity index (χ2n) is 3.38. The Morgan fingerprint density at radius 1 is 1.77 bits per heavy atom. The van der Waals surface area contributed by atoms with E-state index in [0.717, 1.165) is 0 Å². The molecule has 1 unspecified atom stereocenters. The van der Waals surface area contributed by atoms with Crippen LogP contribution < -0.4 is 5.32 Å². The molecule has 0 aromatic heterocycles. The maximum atomic E-state index is 11.0. The molecule has 1 rings (SSSR count). The average molecular weight is 189 g/mol. The van der Waals surface area contributed by atoms with Gasteiger partial charge in [-0.15, -0.1) is 0 Å². The lowest BCUT2D eigenvalue weighted by molar-refractivity contribution is -0.160. The maximum absolute atomic E-state index is 11.0. The van der Waals surface area contributed by atoms with Gasteiger partial charge in [-0.05, 0) is 6.92 Å². The van der Waals surface area contributed by atoms with Crippen LogP contribution in [0.25, 0.3) is 0 Å². The third kappa shape index (κ3) is 2.65. The molecule has 2 N–H and O–H groups in total. The Labute approximate surface area is 77.0 Å². The van der Waals surface area contributed by atoms with Gasteiger partial charge in [0.15, 0.2) is 5.60 Å². The summed E-state index contributed by atoms with van der Waals surface area (Å²) < 4.78 is 9.37. The average Bonchev–Trinajstić information content (AvgIpc) is 1.99. The molecule has 76 valence electrons. The van der Waals surface area contributed by atoms with Crippen LogP contribution in [0.15, 0.2) is 0 Å². The first-order chi connectivity index (χ1) is 6.06. The number of methoxy groups -OCH3 is 1. The molecule has 0 saturated carbocycles. The molecule has 0 aromatic rings. The smallest absolute Gasteiger partial charge is 0.338 e. The van der Waals surface area contributed by atoms with Crippen molar-refractivity contribution in [1.82, 2.24) is 5.32 Å². The Hall–Kier alpha value is -0.650. The van der Waals surface area contributed by atoms with Crippen molar-refractivity contribution < 1.29 is 19.4 Å². The van der Waals surface area contributed by atoms with Gasteiger partial charge in [-0.3, -0.25) is 0 Å².